The van der Waals surface area contributed by atoms with Gasteiger partial charge in [-0.3, -0.25) is 10.1 Å². The maximum Gasteiger partial charge on any atom is 0.250 e. The maximum absolute atomic E-state index is 12.1. The van der Waals surface area contributed by atoms with Gasteiger partial charge in [0.05, 0.1) is 11.6 Å². The highest BCUT2D eigenvalue weighted by molar-refractivity contribution is 8.00. The minimum Gasteiger partial charge on any atom is -0.454 e. The summed E-state index contributed by atoms with van der Waals surface area (Å²) in [5, 5.41) is 20.1. The molecule has 1 aliphatic heterocycles. The number of thioether (sulfide) groups is 1. The second kappa shape index (κ2) is 8.77. The summed E-state index contributed by atoms with van der Waals surface area (Å²) in [5.41, 5.74) is 2.55. The molecule has 9 heteroatoms. The van der Waals surface area contributed by atoms with Crippen molar-refractivity contribution in [1.29, 1.82) is 5.26 Å². The Kier molecular flexibility index (Phi) is 5.74. The van der Waals surface area contributed by atoms with E-state index in [2.05, 4.69) is 21.6 Å². The molecule has 3 aromatic rings. The Bertz CT molecular complexity index is 1100. The van der Waals surface area contributed by atoms with E-state index in [4.69, 9.17) is 14.7 Å². The molecule has 1 aromatic heterocycles. The molecule has 2 aromatic carbocycles. The zero-order valence-corrected chi connectivity index (χ0v) is 16.6. The maximum atomic E-state index is 12.1. The van der Waals surface area contributed by atoms with Crippen LogP contribution in [0.15, 0.2) is 52.9 Å². The molecule has 0 unspecified atom stereocenters. The van der Waals surface area contributed by atoms with Gasteiger partial charge in [0.1, 0.15) is 0 Å². The van der Waals surface area contributed by atoms with Crippen LogP contribution in [0.1, 0.15) is 16.7 Å². The molecule has 0 atom stereocenters. The fourth-order valence-corrected chi connectivity index (χ4v) is 4.19. The van der Waals surface area contributed by atoms with Gasteiger partial charge in [-0.15, -0.1) is 10.2 Å². The number of fused-ring (bicyclic) bond motifs is 1. The number of rotatable bonds is 6. The molecule has 2 heterocycles. The summed E-state index contributed by atoms with van der Waals surface area (Å²) < 4.78 is 11.3. The van der Waals surface area contributed by atoms with Gasteiger partial charge in [0.25, 0.3) is 0 Å². The molecule has 0 bridgehead atoms. The molecule has 1 aliphatic rings. The van der Waals surface area contributed by atoms with E-state index in [9.17, 15) is 4.79 Å². The van der Waals surface area contributed by atoms with Gasteiger partial charge >= 0.3 is 0 Å². The number of aromatic nitrogens is 2. The van der Waals surface area contributed by atoms with E-state index in [0.717, 1.165) is 15.5 Å². The predicted molar refractivity (Wildman–Crippen MR) is 111 cm³/mol. The highest BCUT2D eigenvalue weighted by Crippen LogP contribution is 2.33. The van der Waals surface area contributed by atoms with E-state index in [1.165, 1.54) is 29.2 Å². The summed E-state index contributed by atoms with van der Waals surface area (Å²) in [5.74, 6) is 1.78. The van der Waals surface area contributed by atoms with Crippen LogP contribution >= 0.6 is 23.1 Å². The molecular formula is C20H14N4O3S2. The molecule has 0 radical (unpaired) electrons. The summed E-state index contributed by atoms with van der Waals surface area (Å²) in [7, 11) is 0. The number of hydrogen-bond acceptors (Lipinski definition) is 8. The highest BCUT2D eigenvalue weighted by Gasteiger charge is 2.12. The number of nitriles is 1. The summed E-state index contributed by atoms with van der Waals surface area (Å²) in [6, 6.07) is 15.0. The van der Waals surface area contributed by atoms with E-state index in [1.807, 2.05) is 30.3 Å². The second-order valence-electron chi connectivity index (χ2n) is 5.91. The van der Waals surface area contributed by atoms with Gasteiger partial charge < -0.3 is 9.47 Å². The van der Waals surface area contributed by atoms with E-state index < -0.39 is 0 Å². The Morgan fingerprint density at radius 2 is 2.03 bits per heavy atom. The molecule has 0 saturated carbocycles. The number of ether oxygens (including phenoxy) is 2. The molecule has 0 aliphatic carbocycles. The fourth-order valence-electron chi connectivity index (χ4n) is 2.47. The Morgan fingerprint density at radius 3 is 2.86 bits per heavy atom. The lowest BCUT2D eigenvalue weighted by Crippen LogP contribution is -2.07. The van der Waals surface area contributed by atoms with Gasteiger partial charge in [0.15, 0.2) is 15.8 Å². The lowest BCUT2D eigenvalue weighted by atomic mass is 10.2. The first-order valence-electron chi connectivity index (χ1n) is 8.54. The lowest BCUT2D eigenvalue weighted by Gasteiger charge is -1.98. The first kappa shape index (κ1) is 19.0. The quantitative estimate of drug-likeness (QED) is 0.363. The van der Waals surface area contributed by atoms with Crippen molar-refractivity contribution in [2.24, 2.45) is 0 Å². The van der Waals surface area contributed by atoms with Crippen molar-refractivity contribution in [2.45, 2.75) is 10.1 Å². The van der Waals surface area contributed by atoms with Crippen molar-refractivity contribution >= 4 is 40.2 Å². The second-order valence-corrected chi connectivity index (χ2v) is 8.11. The van der Waals surface area contributed by atoms with E-state index >= 15 is 0 Å². The van der Waals surface area contributed by atoms with Crippen molar-refractivity contribution in [3.05, 3.63) is 65.2 Å². The van der Waals surface area contributed by atoms with Crippen LogP contribution in [-0.4, -0.2) is 22.9 Å². The van der Waals surface area contributed by atoms with Gasteiger partial charge in [-0.2, -0.15) is 5.26 Å². The number of carbonyl (C=O) groups excluding carboxylic acids is 1. The van der Waals surface area contributed by atoms with Crippen LogP contribution in [-0.2, 0) is 10.5 Å². The number of amides is 1. The van der Waals surface area contributed by atoms with Gasteiger partial charge in [-0.05, 0) is 41.5 Å². The highest BCUT2D eigenvalue weighted by atomic mass is 32.2. The number of nitrogens with zero attached hydrogens (tertiary/aromatic N) is 3. The largest absolute Gasteiger partial charge is 0.454 e. The number of benzene rings is 2. The van der Waals surface area contributed by atoms with Crippen LogP contribution in [0.2, 0.25) is 0 Å². The van der Waals surface area contributed by atoms with Crippen molar-refractivity contribution in [3.8, 4) is 17.6 Å². The lowest BCUT2D eigenvalue weighted by molar-refractivity contribution is -0.111. The Labute approximate surface area is 175 Å². The smallest absolute Gasteiger partial charge is 0.250 e. The third-order valence-electron chi connectivity index (χ3n) is 3.91. The van der Waals surface area contributed by atoms with Crippen molar-refractivity contribution in [1.82, 2.24) is 10.2 Å². The van der Waals surface area contributed by atoms with Gasteiger partial charge in [-0.25, -0.2) is 0 Å². The average molecular weight is 422 g/mol. The molecule has 4 rings (SSSR count). The Morgan fingerprint density at radius 1 is 1.21 bits per heavy atom. The first-order valence-corrected chi connectivity index (χ1v) is 10.3. The summed E-state index contributed by atoms with van der Waals surface area (Å²) in [6.07, 6.45) is 3.13. The molecule has 1 amide bonds. The van der Waals surface area contributed by atoms with Crippen molar-refractivity contribution < 1.29 is 14.3 Å². The van der Waals surface area contributed by atoms with Crippen LogP contribution in [0.5, 0.6) is 11.5 Å². The van der Waals surface area contributed by atoms with E-state index in [-0.39, 0.29) is 12.7 Å². The van der Waals surface area contributed by atoms with Gasteiger partial charge in [0.2, 0.25) is 17.8 Å². The van der Waals surface area contributed by atoms with Crippen molar-refractivity contribution in [3.63, 3.8) is 0 Å². The summed E-state index contributed by atoms with van der Waals surface area (Å²) in [6.45, 7) is 0.214. The van der Waals surface area contributed by atoms with Crippen LogP contribution in [0, 0.1) is 11.3 Å². The zero-order chi connectivity index (χ0) is 20.1. The Balaban J connectivity index is 1.30. The Hall–Kier alpha value is -3.35. The predicted octanol–water partition coefficient (Wildman–Crippen LogP) is 4.08. The van der Waals surface area contributed by atoms with Gasteiger partial charge in [-0.1, -0.05) is 41.3 Å². The van der Waals surface area contributed by atoms with Crippen LogP contribution in [0.3, 0.4) is 0 Å². The molecule has 144 valence electrons. The van der Waals surface area contributed by atoms with Crippen molar-refractivity contribution in [2.75, 3.05) is 12.1 Å². The average Bonchev–Trinajstić information content (AvgIpc) is 3.40. The van der Waals surface area contributed by atoms with E-state index in [0.29, 0.717) is 27.9 Å². The normalized spacial score (nSPS) is 12.1. The molecule has 1 N–H and O–H groups in total. The SMILES string of the molecule is N#Cc1ccc(CSc2nnc(NC(=O)C=Cc3ccc4c(c3)OCO4)s2)cc1. The summed E-state index contributed by atoms with van der Waals surface area (Å²) >= 11 is 2.84. The van der Waals surface area contributed by atoms with E-state index in [1.54, 1.807) is 18.2 Å². The first-order chi connectivity index (χ1) is 14.2. The van der Waals surface area contributed by atoms with Crippen LogP contribution in [0.4, 0.5) is 5.13 Å². The third kappa shape index (κ3) is 4.93. The van der Waals surface area contributed by atoms with Gasteiger partial charge in [0, 0.05) is 11.8 Å². The van der Waals surface area contributed by atoms with Crippen LogP contribution in [0.25, 0.3) is 6.08 Å². The monoisotopic (exact) mass is 422 g/mol. The number of anilines is 1. The summed E-state index contributed by atoms with van der Waals surface area (Å²) in [4.78, 5) is 12.1. The third-order valence-corrected chi connectivity index (χ3v) is 5.95. The molecule has 7 nitrogen and oxygen atoms in total. The number of carbonyl (C=O) groups is 1. The topological polar surface area (TPSA) is 97.1 Å². The standard InChI is InChI=1S/C20H14N4O3S2/c21-10-14-1-3-15(4-2-14)11-28-20-24-23-19(29-20)22-18(25)8-6-13-5-7-16-17(9-13)27-12-26-16/h1-9H,11-12H2,(H,22,23,25). The molecule has 29 heavy (non-hydrogen) atoms. The molecular weight excluding hydrogens is 408 g/mol. The van der Waals surface area contributed by atoms with Crippen LogP contribution < -0.4 is 14.8 Å². The molecule has 0 spiro atoms. The zero-order valence-electron chi connectivity index (χ0n) is 15.0. The molecule has 0 saturated heterocycles. The number of hydrogen-bond donors (Lipinski definition) is 1. The minimum absolute atomic E-state index is 0.214. The fraction of sp³-hybridized carbons (Fsp3) is 0.100. The molecule has 0 fully saturated rings. The number of nitrogens with one attached hydrogen (secondary N) is 1. The minimum atomic E-state index is -0.289.